The first-order chi connectivity index (χ1) is 19.8. The van der Waals surface area contributed by atoms with Gasteiger partial charge in [0.25, 0.3) is 5.91 Å². The number of hydrogen-bond donors (Lipinski definition) is 1. The van der Waals surface area contributed by atoms with Gasteiger partial charge < -0.3 is 10.0 Å². The largest absolute Gasteiger partial charge is 0.435 e. The highest BCUT2D eigenvalue weighted by molar-refractivity contribution is 7.92. The van der Waals surface area contributed by atoms with E-state index in [4.69, 9.17) is 11.6 Å². The first-order valence-electron chi connectivity index (χ1n) is 13.8. The minimum atomic E-state index is -6.34. The maximum atomic E-state index is 15.0. The van der Waals surface area contributed by atoms with Crippen molar-refractivity contribution < 1.29 is 49.1 Å². The average molecular weight is 656 g/mol. The van der Waals surface area contributed by atoms with E-state index < -0.39 is 55.7 Å². The molecule has 0 spiro atoms. The summed E-state index contributed by atoms with van der Waals surface area (Å²) in [4.78, 5) is 14.9. The van der Waals surface area contributed by atoms with Gasteiger partial charge in [-0.3, -0.25) is 4.79 Å². The van der Waals surface area contributed by atoms with Crippen molar-refractivity contribution in [2.45, 2.75) is 97.6 Å². The molecule has 1 heterocycles. The molecule has 1 amide bonds. The molecule has 43 heavy (non-hydrogen) atoms. The van der Waals surface area contributed by atoms with E-state index in [1.54, 1.807) is 6.92 Å². The van der Waals surface area contributed by atoms with E-state index in [2.05, 4.69) is 0 Å². The number of benzene rings is 2. The Labute approximate surface area is 248 Å². The molecular weight excluding hydrogens is 627 g/mol. The quantitative estimate of drug-likeness (QED) is 0.366. The normalized spacial score (nSPS) is 24.4. The van der Waals surface area contributed by atoms with Gasteiger partial charge in [-0.25, -0.2) is 12.8 Å². The molecule has 14 heteroatoms. The minimum Gasteiger partial charge on any atom is -0.380 e. The van der Waals surface area contributed by atoms with Gasteiger partial charge >= 0.3 is 18.0 Å². The van der Waals surface area contributed by atoms with Crippen molar-refractivity contribution in [3.8, 4) is 0 Å². The summed E-state index contributed by atoms with van der Waals surface area (Å²) in [5.74, 6) is -0.654. The lowest BCUT2D eigenvalue weighted by atomic mass is 9.76. The third-order valence-electron chi connectivity index (χ3n) is 9.32. The van der Waals surface area contributed by atoms with E-state index in [0.717, 1.165) is 12.5 Å². The molecule has 236 valence electrons. The number of likely N-dealkylation sites (tertiary alicyclic amines) is 1. The van der Waals surface area contributed by atoms with Crippen LogP contribution in [-0.4, -0.2) is 54.9 Å². The standard InChI is InChI=1S/C29H29ClF7NO4S/c1-17-15-20(7-9-22(17)30)43(41,42)26-13-14-38(24(39)25(40)11-3-2-4-12-25)23(26)10-5-18-16-19(6-8-21(18)26)27(31,28(32,33)34)29(35,36)37/h6-9,15-16,23,40H,2-5,10-14H2,1H3. The zero-order valence-corrected chi connectivity index (χ0v) is 24.5. The third-order valence-corrected chi connectivity index (χ3v) is 12.3. The van der Waals surface area contributed by atoms with Crippen molar-refractivity contribution in [3.05, 3.63) is 63.7 Å². The molecule has 1 N–H and O–H groups in total. The van der Waals surface area contributed by atoms with E-state index in [0.29, 0.717) is 30.5 Å². The van der Waals surface area contributed by atoms with E-state index in [1.807, 2.05) is 0 Å². The number of fused-ring (bicyclic) bond motifs is 3. The van der Waals surface area contributed by atoms with Crippen LogP contribution in [0.5, 0.6) is 0 Å². The van der Waals surface area contributed by atoms with E-state index in [9.17, 15) is 44.7 Å². The van der Waals surface area contributed by atoms with Crippen LogP contribution in [0.2, 0.25) is 5.02 Å². The Bertz CT molecular complexity index is 1540. The number of amides is 1. The smallest absolute Gasteiger partial charge is 0.380 e. The third kappa shape index (κ3) is 4.67. The van der Waals surface area contributed by atoms with Crippen molar-refractivity contribution in [2.24, 2.45) is 0 Å². The highest BCUT2D eigenvalue weighted by Crippen LogP contribution is 2.57. The lowest BCUT2D eigenvalue weighted by Gasteiger charge is -2.44. The monoisotopic (exact) mass is 655 g/mol. The number of nitrogens with zero attached hydrogens (tertiary/aromatic N) is 1. The molecule has 0 aromatic heterocycles. The second-order valence-electron chi connectivity index (χ2n) is 11.7. The Hall–Kier alpha value is -2.38. The van der Waals surface area contributed by atoms with Gasteiger partial charge in [0.05, 0.1) is 10.9 Å². The number of aliphatic hydroxyl groups is 1. The molecule has 5 nitrogen and oxygen atoms in total. The Morgan fingerprint density at radius 3 is 2.16 bits per heavy atom. The molecule has 1 aliphatic heterocycles. The SMILES string of the molecule is Cc1cc(S(=O)(=O)C23CCN(C(=O)C4(O)CCCCC4)C2CCc2cc(C(F)(C(F)(F)F)C(F)(F)F)ccc23)ccc1Cl. The topological polar surface area (TPSA) is 74.7 Å². The first-order valence-corrected chi connectivity index (χ1v) is 15.7. The highest BCUT2D eigenvalue weighted by Gasteiger charge is 2.74. The first kappa shape index (κ1) is 32.0. The molecule has 0 radical (unpaired) electrons. The summed E-state index contributed by atoms with van der Waals surface area (Å²) in [5.41, 5.74) is -8.99. The number of carbonyl (C=O) groups excluding carboxylic acids is 1. The van der Waals surface area contributed by atoms with E-state index in [-0.39, 0.29) is 59.7 Å². The van der Waals surface area contributed by atoms with Gasteiger partial charge in [0.15, 0.2) is 9.84 Å². The Morgan fingerprint density at radius 1 is 0.953 bits per heavy atom. The zero-order valence-electron chi connectivity index (χ0n) is 23.0. The van der Waals surface area contributed by atoms with Crippen molar-refractivity contribution >= 4 is 27.3 Å². The molecule has 0 bridgehead atoms. The fourth-order valence-electron chi connectivity index (χ4n) is 7.09. The van der Waals surface area contributed by atoms with Gasteiger partial charge in [-0.05, 0) is 73.9 Å². The summed E-state index contributed by atoms with van der Waals surface area (Å²) in [7, 11) is -4.51. The van der Waals surface area contributed by atoms with Crippen molar-refractivity contribution in [2.75, 3.05) is 6.54 Å². The predicted molar refractivity (Wildman–Crippen MR) is 143 cm³/mol. The summed E-state index contributed by atoms with van der Waals surface area (Å²) in [5, 5.41) is 11.5. The maximum Gasteiger partial charge on any atom is 0.435 e. The summed E-state index contributed by atoms with van der Waals surface area (Å²) >= 11 is 6.11. The van der Waals surface area contributed by atoms with Crippen LogP contribution in [0, 0.1) is 6.92 Å². The molecule has 2 aromatic rings. The molecule has 2 aromatic carbocycles. The Balaban J connectivity index is 1.70. The lowest BCUT2D eigenvalue weighted by molar-refractivity contribution is -0.348. The van der Waals surface area contributed by atoms with Crippen LogP contribution in [0.4, 0.5) is 30.7 Å². The van der Waals surface area contributed by atoms with Gasteiger partial charge in [-0.2, -0.15) is 26.3 Å². The summed E-state index contributed by atoms with van der Waals surface area (Å²) in [6.07, 6.45) is -10.9. The molecule has 2 fully saturated rings. The number of rotatable bonds is 4. The van der Waals surface area contributed by atoms with Crippen LogP contribution >= 0.6 is 11.6 Å². The van der Waals surface area contributed by atoms with Crippen molar-refractivity contribution in [1.82, 2.24) is 4.90 Å². The highest BCUT2D eigenvalue weighted by atomic mass is 35.5. The minimum absolute atomic E-state index is 0.0993. The van der Waals surface area contributed by atoms with Crippen LogP contribution in [-0.2, 0) is 31.5 Å². The zero-order chi connectivity index (χ0) is 31.8. The number of aryl methyl sites for hydroxylation is 2. The van der Waals surface area contributed by atoms with Crippen molar-refractivity contribution in [3.63, 3.8) is 0 Å². The number of sulfone groups is 1. The Kier molecular flexibility index (Phi) is 7.70. The maximum absolute atomic E-state index is 15.0. The lowest BCUT2D eigenvalue weighted by Crippen LogP contribution is -2.57. The molecule has 2 atom stereocenters. The van der Waals surface area contributed by atoms with Crippen LogP contribution in [0.3, 0.4) is 0 Å². The van der Waals surface area contributed by atoms with Crippen LogP contribution < -0.4 is 0 Å². The van der Waals surface area contributed by atoms with Gasteiger partial charge in [0, 0.05) is 17.1 Å². The van der Waals surface area contributed by atoms with E-state index in [1.165, 1.54) is 23.1 Å². The second kappa shape index (κ2) is 10.3. The second-order valence-corrected chi connectivity index (χ2v) is 14.3. The van der Waals surface area contributed by atoms with E-state index >= 15 is 4.39 Å². The molecule has 1 saturated carbocycles. The van der Waals surface area contributed by atoms with Gasteiger partial charge in [-0.1, -0.05) is 49.1 Å². The Morgan fingerprint density at radius 2 is 1.58 bits per heavy atom. The number of carbonyl (C=O) groups is 1. The van der Waals surface area contributed by atoms with Gasteiger partial charge in [0.1, 0.15) is 10.3 Å². The number of halogens is 8. The molecular formula is C29H29ClF7NO4S. The molecule has 2 unspecified atom stereocenters. The molecule has 5 rings (SSSR count). The van der Waals surface area contributed by atoms with Crippen molar-refractivity contribution in [1.29, 1.82) is 0 Å². The number of alkyl halides is 7. The summed E-state index contributed by atoms with van der Waals surface area (Å²) in [6, 6.07) is 4.40. The van der Waals surface area contributed by atoms with Crippen LogP contribution in [0.15, 0.2) is 41.3 Å². The molecule has 2 aliphatic carbocycles. The fourth-order valence-corrected chi connectivity index (χ4v) is 9.65. The summed E-state index contributed by atoms with van der Waals surface area (Å²) < 4.78 is 124. The van der Waals surface area contributed by atoms with Gasteiger partial charge in [-0.15, -0.1) is 0 Å². The molecule has 3 aliphatic rings. The number of hydrogen-bond acceptors (Lipinski definition) is 4. The van der Waals surface area contributed by atoms with Gasteiger partial charge in [0.2, 0.25) is 0 Å². The average Bonchev–Trinajstić information content (AvgIpc) is 3.34. The van der Waals surface area contributed by atoms with Crippen LogP contribution in [0.25, 0.3) is 0 Å². The molecule has 1 saturated heterocycles. The summed E-state index contributed by atoms with van der Waals surface area (Å²) in [6.45, 7) is 1.44. The predicted octanol–water partition coefficient (Wildman–Crippen LogP) is 6.85. The van der Waals surface area contributed by atoms with Crippen LogP contribution in [0.1, 0.15) is 67.2 Å². The fraction of sp³-hybridized carbons (Fsp3) is 0.552.